The highest BCUT2D eigenvalue weighted by atomic mass is 16.3. The number of aromatic nitrogens is 3. The third-order valence-corrected chi connectivity index (χ3v) is 15.4. The first-order valence-electron chi connectivity index (χ1n) is 25.2. The Labute approximate surface area is 428 Å². The van der Waals surface area contributed by atoms with Gasteiger partial charge >= 0.3 is 0 Å². The van der Waals surface area contributed by atoms with E-state index in [-0.39, 0.29) is 5.41 Å². The van der Waals surface area contributed by atoms with Crippen LogP contribution in [0, 0.1) is 0 Å². The molecule has 0 saturated heterocycles. The lowest BCUT2D eigenvalue weighted by Crippen LogP contribution is -2.25. The molecule has 0 N–H and O–H groups in total. The van der Waals surface area contributed by atoms with Gasteiger partial charge in [0.2, 0.25) is 0 Å². The van der Waals surface area contributed by atoms with Crippen LogP contribution in [0.2, 0.25) is 0 Å². The van der Waals surface area contributed by atoms with E-state index in [1.54, 1.807) is 0 Å². The molecule has 4 heteroatoms. The number of furan rings is 1. The lowest BCUT2D eigenvalue weighted by molar-refractivity contribution is 0.669. The van der Waals surface area contributed by atoms with E-state index in [1.165, 1.54) is 55.6 Å². The van der Waals surface area contributed by atoms with Gasteiger partial charge in [-0.25, -0.2) is 15.0 Å². The van der Waals surface area contributed by atoms with Crippen LogP contribution in [-0.4, -0.2) is 15.0 Å². The molecule has 2 aliphatic carbocycles. The van der Waals surface area contributed by atoms with Crippen LogP contribution in [0.4, 0.5) is 0 Å². The molecule has 0 atom stereocenters. The van der Waals surface area contributed by atoms with Crippen molar-refractivity contribution in [1.29, 1.82) is 0 Å². The molecule has 0 amide bonds. The Morgan fingerprint density at radius 2 is 0.649 bits per heavy atom. The summed E-state index contributed by atoms with van der Waals surface area (Å²) in [5.74, 6) is 1.78. The van der Waals surface area contributed by atoms with E-state index in [0.717, 1.165) is 72.0 Å². The standard InChI is InChI=1S/C70H43N3O/c1-3-15-44(16-4-1)46-33-35-49(36-34-46)67-71-68(53-20-13-19-50(41-53)45-17-5-2-6-18-45)73-69(72-67)57-24-14-28-65-66(57)59-43-52(38-40-64(59)74-65)48-31-29-47(30-32-48)51-37-39-63-58(42-51)56-23-9-12-27-62(56)70(63)60-25-10-7-21-54(60)55-22-8-11-26-61(55)70/h1-43H. The van der Waals surface area contributed by atoms with Gasteiger partial charge in [-0.2, -0.15) is 0 Å². The van der Waals surface area contributed by atoms with E-state index in [9.17, 15) is 0 Å². The Hall–Kier alpha value is -9.77. The van der Waals surface area contributed by atoms with Crippen molar-refractivity contribution in [3.63, 3.8) is 0 Å². The number of rotatable bonds is 7. The van der Waals surface area contributed by atoms with E-state index in [2.05, 4.69) is 237 Å². The zero-order valence-corrected chi connectivity index (χ0v) is 40.1. The van der Waals surface area contributed by atoms with E-state index in [1.807, 2.05) is 24.3 Å². The van der Waals surface area contributed by atoms with Crippen molar-refractivity contribution in [2.24, 2.45) is 0 Å². The molecule has 0 fully saturated rings. The van der Waals surface area contributed by atoms with Gasteiger partial charge in [0.05, 0.1) is 5.41 Å². The van der Waals surface area contributed by atoms with Crippen molar-refractivity contribution in [2.45, 2.75) is 5.41 Å². The molecule has 0 saturated carbocycles. The Kier molecular flexibility index (Phi) is 9.45. The third kappa shape index (κ3) is 6.52. The number of hydrogen-bond donors (Lipinski definition) is 0. The van der Waals surface area contributed by atoms with Crippen molar-refractivity contribution in [2.75, 3.05) is 0 Å². The number of hydrogen-bond acceptors (Lipinski definition) is 4. The summed E-state index contributed by atoms with van der Waals surface area (Å²) in [6.07, 6.45) is 0. The van der Waals surface area contributed by atoms with Gasteiger partial charge in [-0.05, 0) is 119 Å². The first kappa shape index (κ1) is 42.0. The largest absolute Gasteiger partial charge is 0.456 e. The summed E-state index contributed by atoms with van der Waals surface area (Å²) in [5.41, 5.74) is 23.6. The monoisotopic (exact) mass is 941 g/mol. The van der Waals surface area contributed by atoms with Crippen LogP contribution in [-0.2, 0) is 5.41 Å². The molecule has 0 radical (unpaired) electrons. The Morgan fingerprint density at radius 1 is 0.243 bits per heavy atom. The topological polar surface area (TPSA) is 51.8 Å². The quantitative estimate of drug-likeness (QED) is 0.160. The summed E-state index contributed by atoms with van der Waals surface area (Å²) in [7, 11) is 0. The van der Waals surface area contributed by atoms with Crippen LogP contribution in [0.1, 0.15) is 22.3 Å². The highest BCUT2D eigenvalue weighted by Crippen LogP contribution is 2.63. The third-order valence-electron chi connectivity index (χ3n) is 15.4. The number of benzene rings is 11. The van der Waals surface area contributed by atoms with Gasteiger partial charge in [-0.3, -0.25) is 0 Å². The minimum Gasteiger partial charge on any atom is -0.456 e. The molecule has 15 rings (SSSR count). The second kappa shape index (κ2) is 16.7. The fraction of sp³-hybridized carbons (Fsp3) is 0.0143. The van der Waals surface area contributed by atoms with Gasteiger partial charge in [0.1, 0.15) is 11.2 Å². The summed E-state index contributed by atoms with van der Waals surface area (Å²) in [6, 6.07) is 93.4. The van der Waals surface area contributed by atoms with Gasteiger partial charge in [0.15, 0.2) is 17.5 Å². The summed E-state index contributed by atoms with van der Waals surface area (Å²) in [6.45, 7) is 0. The van der Waals surface area contributed by atoms with Crippen molar-refractivity contribution in [3.8, 4) is 101 Å². The molecule has 0 unspecified atom stereocenters. The summed E-state index contributed by atoms with van der Waals surface area (Å²) < 4.78 is 6.60. The number of fused-ring (bicyclic) bond motifs is 13. The second-order valence-electron chi connectivity index (χ2n) is 19.4. The van der Waals surface area contributed by atoms with Crippen LogP contribution >= 0.6 is 0 Å². The van der Waals surface area contributed by atoms with Crippen molar-refractivity contribution in [3.05, 3.63) is 283 Å². The molecular weight excluding hydrogens is 899 g/mol. The van der Waals surface area contributed by atoms with Crippen LogP contribution in [0.3, 0.4) is 0 Å². The molecule has 1 spiro atoms. The molecule has 11 aromatic carbocycles. The first-order chi connectivity index (χ1) is 36.7. The lowest BCUT2D eigenvalue weighted by Gasteiger charge is -2.30. The summed E-state index contributed by atoms with van der Waals surface area (Å²) in [4.78, 5) is 15.7. The molecule has 2 aromatic heterocycles. The van der Waals surface area contributed by atoms with Gasteiger partial charge in [0.25, 0.3) is 0 Å². The second-order valence-corrected chi connectivity index (χ2v) is 19.4. The highest BCUT2D eigenvalue weighted by molar-refractivity contribution is 6.13. The number of nitrogens with zero attached hydrogens (tertiary/aromatic N) is 3. The maximum atomic E-state index is 6.60. The molecular formula is C70H43N3O. The minimum atomic E-state index is -0.352. The van der Waals surface area contributed by atoms with Crippen LogP contribution < -0.4 is 0 Å². The van der Waals surface area contributed by atoms with Crippen LogP contribution in [0.15, 0.2) is 265 Å². The average Bonchev–Trinajstić information content (AvgIpc) is 4.23. The first-order valence-corrected chi connectivity index (χ1v) is 25.2. The average molecular weight is 942 g/mol. The van der Waals surface area contributed by atoms with Crippen LogP contribution in [0.25, 0.3) is 123 Å². The smallest absolute Gasteiger partial charge is 0.164 e. The Balaban J connectivity index is 0.814. The molecule has 13 aromatic rings. The van der Waals surface area contributed by atoms with E-state index in [0.29, 0.717) is 17.5 Å². The fourth-order valence-electron chi connectivity index (χ4n) is 12.0. The van der Waals surface area contributed by atoms with Gasteiger partial charge in [-0.1, -0.05) is 231 Å². The summed E-state index contributed by atoms with van der Waals surface area (Å²) >= 11 is 0. The van der Waals surface area contributed by atoms with Crippen molar-refractivity contribution < 1.29 is 4.42 Å². The van der Waals surface area contributed by atoms with Crippen molar-refractivity contribution in [1.82, 2.24) is 15.0 Å². The molecule has 0 bridgehead atoms. The normalized spacial score (nSPS) is 12.7. The van der Waals surface area contributed by atoms with E-state index < -0.39 is 0 Å². The molecule has 4 nitrogen and oxygen atoms in total. The van der Waals surface area contributed by atoms with Crippen LogP contribution in [0.5, 0.6) is 0 Å². The minimum absolute atomic E-state index is 0.352. The highest BCUT2D eigenvalue weighted by Gasteiger charge is 2.51. The zero-order valence-electron chi connectivity index (χ0n) is 40.1. The molecule has 2 aliphatic rings. The Morgan fingerprint density at radius 3 is 1.30 bits per heavy atom. The predicted molar refractivity (Wildman–Crippen MR) is 301 cm³/mol. The molecule has 0 aliphatic heterocycles. The fourth-order valence-corrected chi connectivity index (χ4v) is 12.0. The van der Waals surface area contributed by atoms with Gasteiger partial charge in [-0.15, -0.1) is 0 Å². The van der Waals surface area contributed by atoms with E-state index in [4.69, 9.17) is 19.4 Å². The van der Waals surface area contributed by atoms with Crippen molar-refractivity contribution >= 4 is 21.9 Å². The molecule has 74 heavy (non-hydrogen) atoms. The van der Waals surface area contributed by atoms with Gasteiger partial charge in [0, 0.05) is 27.5 Å². The SMILES string of the molecule is c1ccc(-c2ccc(-c3nc(-c4cccc(-c5ccccc5)c4)nc(-c4cccc5oc6ccc(-c7ccc(-c8ccc9c(c8)-c8ccccc8C98c9ccccc9-c9ccccc98)cc7)cc6c45)n3)cc2)cc1. The lowest BCUT2D eigenvalue weighted by atomic mass is 9.70. The molecule has 344 valence electrons. The van der Waals surface area contributed by atoms with Gasteiger partial charge < -0.3 is 4.42 Å². The molecule has 2 heterocycles. The maximum Gasteiger partial charge on any atom is 0.164 e. The van der Waals surface area contributed by atoms with E-state index >= 15 is 0 Å². The Bertz CT molecular complexity index is 4300. The maximum absolute atomic E-state index is 6.60. The predicted octanol–water partition coefficient (Wildman–Crippen LogP) is 17.8. The summed E-state index contributed by atoms with van der Waals surface area (Å²) in [5, 5.41) is 1.96. The zero-order chi connectivity index (χ0) is 48.7.